The first-order valence-electron chi connectivity index (χ1n) is 12.5. The number of fused-ring (bicyclic) bond motifs is 2. The van der Waals surface area contributed by atoms with Crippen LogP contribution < -0.4 is 10.2 Å². The number of aryl methyl sites for hydroxylation is 2. The number of para-hydroxylation sites is 1. The maximum Gasteiger partial charge on any atom is 0.411 e. The number of halogens is 2. The fourth-order valence-electron chi connectivity index (χ4n) is 4.77. The molecule has 2 heterocycles. The Kier molecular flexibility index (Phi) is 12.1. The van der Waals surface area contributed by atoms with Gasteiger partial charge in [0.05, 0.1) is 24.1 Å². The van der Waals surface area contributed by atoms with Crippen molar-refractivity contribution in [3.05, 3.63) is 53.6 Å². The fraction of sp³-hybridized carbons (Fsp3) is 0.481. The van der Waals surface area contributed by atoms with Crippen molar-refractivity contribution in [1.82, 2.24) is 9.80 Å². The quantitative estimate of drug-likeness (QED) is 0.534. The lowest BCUT2D eigenvalue weighted by molar-refractivity contribution is -0.118. The lowest BCUT2D eigenvalue weighted by Crippen LogP contribution is -2.47. The number of carbonyl (C=O) groups is 2. The topological polar surface area (TPSA) is 85.4 Å². The van der Waals surface area contributed by atoms with E-state index in [9.17, 15) is 9.59 Å². The minimum atomic E-state index is -0.507. The molecule has 0 radical (unpaired) electrons. The number of carbonyl (C=O) groups excluding carboxylic acids is 2. The van der Waals surface area contributed by atoms with Gasteiger partial charge in [-0.25, -0.2) is 4.79 Å². The van der Waals surface area contributed by atoms with Crippen molar-refractivity contribution in [2.45, 2.75) is 39.2 Å². The molecule has 0 saturated carbocycles. The predicted molar refractivity (Wildman–Crippen MR) is 152 cm³/mol. The number of amides is 2. The molecule has 0 atom stereocenters. The summed E-state index contributed by atoms with van der Waals surface area (Å²) in [4.78, 5) is 32.3. The normalized spacial score (nSPS) is 15.5. The highest BCUT2D eigenvalue weighted by atomic mass is 35.5. The Hall–Kier alpha value is -2.36. The van der Waals surface area contributed by atoms with Crippen molar-refractivity contribution in [2.24, 2.45) is 0 Å². The molecule has 204 valence electrons. The number of β-amino-alcohol motifs (C(OH)–C–C–N with tert-alkyl or cyclic N) is 1. The Bertz CT molecular complexity index is 1040. The molecule has 8 nitrogen and oxygen atoms in total. The minimum Gasteiger partial charge on any atom is -0.447 e. The highest BCUT2D eigenvalue weighted by molar-refractivity contribution is 6.03. The zero-order valence-electron chi connectivity index (χ0n) is 21.5. The molecule has 0 spiro atoms. The number of aliphatic hydroxyl groups excluding tert-OH is 1. The minimum absolute atomic E-state index is 0. The Morgan fingerprint density at radius 2 is 1.54 bits per heavy atom. The summed E-state index contributed by atoms with van der Waals surface area (Å²) in [5, 5.41) is 12.0. The zero-order valence-corrected chi connectivity index (χ0v) is 23.2. The molecule has 2 aromatic rings. The summed E-state index contributed by atoms with van der Waals surface area (Å²) in [5.74, 6) is 0.0419. The van der Waals surface area contributed by atoms with Gasteiger partial charge in [-0.3, -0.25) is 19.9 Å². The SMILES string of the molecule is CC(C)OC(=O)Nc1ccc2c(c1)N(C(=O)CCN1CCN(CCO)CC1)c1ccccc1CC2.Cl.Cl. The van der Waals surface area contributed by atoms with Gasteiger partial charge in [0, 0.05) is 51.4 Å². The summed E-state index contributed by atoms with van der Waals surface area (Å²) in [6.45, 7) is 8.79. The standard InChI is InChI=1S/C27H36N4O4.2ClH/c1-20(2)35-27(34)28-23-10-9-22-8-7-21-5-3-4-6-24(21)31(25(22)19-23)26(33)11-12-29-13-15-30(16-14-29)17-18-32;;/h3-6,9-10,19-20,32H,7-8,11-18H2,1-2H3,(H,28,34);2*1H. The summed E-state index contributed by atoms with van der Waals surface area (Å²) in [5.41, 5.74) is 4.55. The molecule has 0 aromatic heterocycles. The molecule has 2 N–H and O–H groups in total. The summed E-state index contributed by atoms with van der Waals surface area (Å²) in [6.07, 6.45) is 1.35. The number of rotatable bonds is 7. The second kappa shape index (κ2) is 14.5. The Balaban J connectivity index is 0.00000241. The van der Waals surface area contributed by atoms with Gasteiger partial charge in [-0.05, 0) is 56.0 Å². The predicted octanol–water partition coefficient (Wildman–Crippen LogP) is 4.25. The first kappa shape index (κ1) is 30.9. The van der Waals surface area contributed by atoms with E-state index in [1.54, 1.807) is 13.8 Å². The molecule has 10 heteroatoms. The monoisotopic (exact) mass is 552 g/mol. The van der Waals surface area contributed by atoms with E-state index < -0.39 is 6.09 Å². The van der Waals surface area contributed by atoms with E-state index in [1.165, 1.54) is 0 Å². The number of ether oxygens (including phenoxy) is 1. The first-order chi connectivity index (χ1) is 16.9. The van der Waals surface area contributed by atoms with Crippen LogP contribution in [-0.4, -0.2) is 78.9 Å². The van der Waals surface area contributed by atoms with Crippen molar-refractivity contribution < 1.29 is 19.4 Å². The van der Waals surface area contributed by atoms with Gasteiger partial charge >= 0.3 is 6.09 Å². The second-order valence-electron chi connectivity index (χ2n) is 9.44. The molecule has 2 aromatic carbocycles. The molecule has 2 aliphatic rings. The van der Waals surface area contributed by atoms with Gasteiger partial charge in [-0.2, -0.15) is 0 Å². The number of piperazine rings is 1. The van der Waals surface area contributed by atoms with Crippen LogP contribution in [0.2, 0.25) is 0 Å². The molecule has 1 fully saturated rings. The van der Waals surface area contributed by atoms with Crippen molar-refractivity contribution >= 4 is 53.9 Å². The highest BCUT2D eigenvalue weighted by Crippen LogP contribution is 2.38. The van der Waals surface area contributed by atoms with Gasteiger partial charge < -0.3 is 14.7 Å². The van der Waals surface area contributed by atoms with Crippen molar-refractivity contribution in [3.63, 3.8) is 0 Å². The van der Waals surface area contributed by atoms with Crippen LogP contribution in [-0.2, 0) is 22.4 Å². The zero-order chi connectivity index (χ0) is 24.8. The number of nitrogens with one attached hydrogen (secondary N) is 1. The molecule has 0 unspecified atom stereocenters. The van der Waals surface area contributed by atoms with Crippen LogP contribution in [0, 0.1) is 0 Å². The molecular formula is C27H38Cl2N4O4. The van der Waals surface area contributed by atoms with Crippen LogP contribution in [0.5, 0.6) is 0 Å². The molecule has 0 aliphatic carbocycles. The average molecular weight is 554 g/mol. The Morgan fingerprint density at radius 3 is 2.19 bits per heavy atom. The van der Waals surface area contributed by atoms with Crippen molar-refractivity contribution in [2.75, 3.05) is 56.1 Å². The lowest BCUT2D eigenvalue weighted by Gasteiger charge is -2.34. The molecule has 4 rings (SSSR count). The number of nitrogens with zero attached hydrogens (tertiary/aromatic N) is 3. The number of aliphatic hydroxyl groups is 1. The van der Waals surface area contributed by atoms with Gasteiger partial charge in [0.2, 0.25) is 5.91 Å². The molecule has 37 heavy (non-hydrogen) atoms. The van der Waals surface area contributed by atoms with E-state index in [4.69, 9.17) is 9.84 Å². The van der Waals surface area contributed by atoms with E-state index in [1.807, 2.05) is 41.3 Å². The van der Waals surface area contributed by atoms with E-state index in [2.05, 4.69) is 21.2 Å². The van der Waals surface area contributed by atoms with Crippen LogP contribution in [0.4, 0.5) is 21.9 Å². The average Bonchev–Trinajstić information content (AvgIpc) is 2.99. The van der Waals surface area contributed by atoms with Gasteiger partial charge in [-0.1, -0.05) is 24.3 Å². The van der Waals surface area contributed by atoms with Gasteiger partial charge in [0.1, 0.15) is 0 Å². The number of anilines is 3. The Morgan fingerprint density at radius 1 is 0.919 bits per heavy atom. The molecule has 2 aliphatic heterocycles. The van der Waals surface area contributed by atoms with Crippen LogP contribution >= 0.6 is 24.8 Å². The van der Waals surface area contributed by atoms with Gasteiger partial charge in [-0.15, -0.1) is 24.8 Å². The van der Waals surface area contributed by atoms with E-state index in [0.29, 0.717) is 25.2 Å². The third-order valence-corrected chi connectivity index (χ3v) is 6.58. The fourth-order valence-corrected chi connectivity index (χ4v) is 4.77. The Labute approximate surface area is 231 Å². The smallest absolute Gasteiger partial charge is 0.411 e. The summed E-state index contributed by atoms with van der Waals surface area (Å²) < 4.78 is 5.23. The third kappa shape index (κ3) is 8.06. The van der Waals surface area contributed by atoms with Crippen LogP contribution in [0.25, 0.3) is 0 Å². The van der Waals surface area contributed by atoms with Crippen molar-refractivity contribution in [3.8, 4) is 0 Å². The summed E-state index contributed by atoms with van der Waals surface area (Å²) in [7, 11) is 0. The maximum absolute atomic E-state index is 13.7. The summed E-state index contributed by atoms with van der Waals surface area (Å²) >= 11 is 0. The largest absolute Gasteiger partial charge is 0.447 e. The molecule has 1 saturated heterocycles. The van der Waals surface area contributed by atoms with E-state index >= 15 is 0 Å². The molecule has 2 amide bonds. The first-order valence-corrected chi connectivity index (χ1v) is 12.5. The number of hydrogen-bond donors (Lipinski definition) is 2. The maximum atomic E-state index is 13.7. The van der Waals surface area contributed by atoms with Crippen LogP contribution in [0.15, 0.2) is 42.5 Å². The van der Waals surface area contributed by atoms with E-state index in [-0.39, 0.29) is 43.4 Å². The van der Waals surface area contributed by atoms with Crippen LogP contribution in [0.1, 0.15) is 31.4 Å². The highest BCUT2D eigenvalue weighted by Gasteiger charge is 2.27. The second-order valence-corrected chi connectivity index (χ2v) is 9.44. The molecular weight excluding hydrogens is 515 g/mol. The van der Waals surface area contributed by atoms with Gasteiger partial charge in [0.15, 0.2) is 0 Å². The van der Waals surface area contributed by atoms with Gasteiger partial charge in [0.25, 0.3) is 0 Å². The van der Waals surface area contributed by atoms with E-state index in [0.717, 1.165) is 61.5 Å². The lowest BCUT2D eigenvalue weighted by atomic mass is 10.0. The number of hydrogen-bond acceptors (Lipinski definition) is 6. The third-order valence-electron chi connectivity index (χ3n) is 6.58. The number of benzene rings is 2. The summed E-state index contributed by atoms with van der Waals surface area (Å²) in [6, 6.07) is 13.8. The van der Waals surface area contributed by atoms with Crippen LogP contribution in [0.3, 0.4) is 0 Å². The van der Waals surface area contributed by atoms with Crippen molar-refractivity contribution in [1.29, 1.82) is 0 Å². The molecule has 0 bridgehead atoms.